The number of hydrogen-bond acceptors (Lipinski definition) is 3. The van der Waals surface area contributed by atoms with Crippen LogP contribution < -0.4 is 5.73 Å². The number of nitrogens with two attached hydrogens (primary N) is 1. The lowest BCUT2D eigenvalue weighted by molar-refractivity contribution is -0.385. The van der Waals surface area contributed by atoms with Crippen LogP contribution >= 0.6 is 0 Å². The average Bonchev–Trinajstić information content (AvgIpc) is 2.24. The van der Waals surface area contributed by atoms with E-state index in [1.165, 1.54) is 12.1 Å². The van der Waals surface area contributed by atoms with E-state index in [1.54, 1.807) is 0 Å². The molecule has 0 aromatic heterocycles. The highest BCUT2D eigenvalue weighted by atomic mass is 19.1. The topological polar surface area (TPSA) is 69.2 Å². The summed E-state index contributed by atoms with van der Waals surface area (Å²) in [5, 5.41) is 10.6. The van der Waals surface area contributed by atoms with Gasteiger partial charge in [0.15, 0.2) is 0 Å². The van der Waals surface area contributed by atoms with Gasteiger partial charge in [-0.1, -0.05) is 13.3 Å². The Hall–Kier alpha value is -1.49. The Morgan fingerprint density at radius 1 is 1.47 bits per heavy atom. The summed E-state index contributed by atoms with van der Waals surface area (Å²) in [5.74, 6) is -0.370. The van der Waals surface area contributed by atoms with Crippen molar-refractivity contribution in [3.63, 3.8) is 0 Å². The van der Waals surface area contributed by atoms with E-state index in [-0.39, 0.29) is 17.6 Å². The molecule has 0 aliphatic heterocycles. The summed E-state index contributed by atoms with van der Waals surface area (Å²) in [6.45, 7) is 3.89. The summed E-state index contributed by atoms with van der Waals surface area (Å²) in [4.78, 5) is 10.0. The molecule has 0 bridgehead atoms. The predicted molar refractivity (Wildman–Crippen MR) is 64.2 cm³/mol. The first-order valence-corrected chi connectivity index (χ1v) is 5.63. The van der Waals surface area contributed by atoms with Gasteiger partial charge in [-0.15, -0.1) is 0 Å². The molecule has 0 fully saturated rings. The van der Waals surface area contributed by atoms with Gasteiger partial charge in [0, 0.05) is 12.1 Å². The molecule has 2 N–H and O–H groups in total. The quantitative estimate of drug-likeness (QED) is 0.635. The van der Waals surface area contributed by atoms with E-state index in [2.05, 4.69) is 0 Å². The van der Waals surface area contributed by atoms with Crippen molar-refractivity contribution >= 4 is 5.69 Å². The first-order chi connectivity index (χ1) is 7.93. The lowest BCUT2D eigenvalue weighted by Gasteiger charge is -2.18. The zero-order valence-corrected chi connectivity index (χ0v) is 10.0. The first kappa shape index (κ1) is 13.6. The number of non-ortho nitro benzene ring substituents is 1. The molecular formula is C12H17FN2O2. The normalized spacial score (nSPS) is 14.4. The van der Waals surface area contributed by atoms with E-state index in [9.17, 15) is 14.5 Å². The minimum Gasteiger partial charge on any atom is -0.328 e. The van der Waals surface area contributed by atoms with E-state index in [4.69, 9.17) is 5.73 Å². The molecular weight excluding hydrogens is 223 g/mol. The third kappa shape index (κ3) is 3.78. The van der Waals surface area contributed by atoms with Crippen molar-refractivity contribution in [1.29, 1.82) is 0 Å². The van der Waals surface area contributed by atoms with Crippen molar-refractivity contribution in [2.45, 2.75) is 32.7 Å². The zero-order chi connectivity index (χ0) is 13.0. The van der Waals surface area contributed by atoms with Gasteiger partial charge in [0.25, 0.3) is 5.69 Å². The summed E-state index contributed by atoms with van der Waals surface area (Å²) in [6, 6.07) is 3.66. The smallest absolute Gasteiger partial charge is 0.272 e. The van der Waals surface area contributed by atoms with Gasteiger partial charge in [-0.2, -0.15) is 0 Å². The van der Waals surface area contributed by atoms with E-state index >= 15 is 0 Å². The molecule has 0 saturated carbocycles. The van der Waals surface area contributed by atoms with Gasteiger partial charge in [0.2, 0.25) is 0 Å². The molecule has 0 aliphatic carbocycles. The Morgan fingerprint density at radius 2 is 2.12 bits per heavy atom. The highest BCUT2D eigenvalue weighted by Crippen LogP contribution is 2.21. The SMILES string of the molecule is CCC(Cc1cc(F)cc([N+](=O)[O-])c1)C(C)N. The molecule has 0 aliphatic rings. The minimum absolute atomic E-state index is 0.0117. The van der Waals surface area contributed by atoms with Gasteiger partial charge in [0.05, 0.1) is 11.0 Å². The second kappa shape index (κ2) is 5.72. The average molecular weight is 240 g/mol. The van der Waals surface area contributed by atoms with E-state index in [1.807, 2.05) is 13.8 Å². The Kier molecular flexibility index (Phi) is 4.57. The van der Waals surface area contributed by atoms with Crippen molar-refractivity contribution in [2.24, 2.45) is 11.7 Å². The van der Waals surface area contributed by atoms with Gasteiger partial charge in [-0.3, -0.25) is 10.1 Å². The third-order valence-corrected chi connectivity index (χ3v) is 2.92. The van der Waals surface area contributed by atoms with E-state index in [0.29, 0.717) is 12.0 Å². The first-order valence-electron chi connectivity index (χ1n) is 5.63. The highest BCUT2D eigenvalue weighted by Gasteiger charge is 2.15. The van der Waals surface area contributed by atoms with Crippen LogP contribution in [0.1, 0.15) is 25.8 Å². The minimum atomic E-state index is -0.584. The molecule has 5 heteroatoms. The second-order valence-corrected chi connectivity index (χ2v) is 4.31. The van der Waals surface area contributed by atoms with Crippen molar-refractivity contribution in [3.05, 3.63) is 39.7 Å². The van der Waals surface area contributed by atoms with Crippen LogP contribution in [0.5, 0.6) is 0 Å². The fourth-order valence-corrected chi connectivity index (χ4v) is 1.86. The number of nitro benzene ring substituents is 1. The molecule has 1 rings (SSSR count). The number of rotatable bonds is 5. The maximum atomic E-state index is 13.2. The molecule has 2 unspecified atom stereocenters. The molecule has 94 valence electrons. The lowest BCUT2D eigenvalue weighted by atomic mass is 9.91. The van der Waals surface area contributed by atoms with Crippen molar-refractivity contribution < 1.29 is 9.31 Å². The summed E-state index contributed by atoms with van der Waals surface area (Å²) in [7, 11) is 0. The Bertz CT molecular complexity index is 407. The fourth-order valence-electron chi connectivity index (χ4n) is 1.86. The standard InChI is InChI=1S/C12H17FN2O2/c1-3-10(8(2)14)4-9-5-11(13)7-12(6-9)15(16)17/h5-8,10H,3-4,14H2,1-2H3. The molecule has 4 nitrogen and oxygen atoms in total. The maximum absolute atomic E-state index is 13.2. The van der Waals surface area contributed by atoms with Gasteiger partial charge < -0.3 is 5.73 Å². The molecule has 2 atom stereocenters. The van der Waals surface area contributed by atoms with Gasteiger partial charge >= 0.3 is 0 Å². The van der Waals surface area contributed by atoms with Crippen molar-refractivity contribution in [2.75, 3.05) is 0 Å². The van der Waals surface area contributed by atoms with Crippen LogP contribution in [0.2, 0.25) is 0 Å². The Balaban J connectivity index is 2.94. The number of halogens is 1. The molecule has 17 heavy (non-hydrogen) atoms. The van der Waals surface area contributed by atoms with Crippen LogP contribution in [-0.4, -0.2) is 11.0 Å². The van der Waals surface area contributed by atoms with Crippen LogP contribution in [0.3, 0.4) is 0 Å². The summed E-state index contributed by atoms with van der Waals surface area (Å²) in [5.41, 5.74) is 6.22. The number of benzene rings is 1. The van der Waals surface area contributed by atoms with Gasteiger partial charge in [-0.05, 0) is 30.9 Å². The maximum Gasteiger partial charge on any atom is 0.272 e. The van der Waals surface area contributed by atoms with Crippen LogP contribution in [0.25, 0.3) is 0 Å². The largest absolute Gasteiger partial charge is 0.328 e. The van der Waals surface area contributed by atoms with Crippen LogP contribution in [-0.2, 0) is 6.42 Å². The van der Waals surface area contributed by atoms with Gasteiger partial charge in [-0.25, -0.2) is 4.39 Å². The third-order valence-electron chi connectivity index (χ3n) is 2.92. The number of nitro groups is 1. The second-order valence-electron chi connectivity index (χ2n) is 4.31. The lowest BCUT2D eigenvalue weighted by Crippen LogP contribution is -2.27. The Labute approximate surface area is 99.8 Å². The molecule has 1 aromatic rings. The predicted octanol–water partition coefficient (Wildman–Crippen LogP) is 2.65. The van der Waals surface area contributed by atoms with Crippen molar-refractivity contribution in [1.82, 2.24) is 0 Å². The van der Waals surface area contributed by atoms with E-state index < -0.39 is 10.7 Å². The molecule has 0 radical (unpaired) electrons. The molecule has 0 spiro atoms. The molecule has 1 aromatic carbocycles. The number of hydrogen-bond donors (Lipinski definition) is 1. The van der Waals surface area contributed by atoms with E-state index in [0.717, 1.165) is 12.5 Å². The van der Waals surface area contributed by atoms with Crippen LogP contribution in [0, 0.1) is 21.8 Å². The zero-order valence-electron chi connectivity index (χ0n) is 10.0. The molecule has 0 amide bonds. The molecule has 0 heterocycles. The summed E-state index contributed by atoms with van der Waals surface area (Å²) < 4.78 is 13.2. The molecule has 0 saturated heterocycles. The fraction of sp³-hybridized carbons (Fsp3) is 0.500. The Morgan fingerprint density at radius 3 is 2.59 bits per heavy atom. The highest BCUT2D eigenvalue weighted by molar-refractivity contribution is 5.35. The van der Waals surface area contributed by atoms with Crippen molar-refractivity contribution in [3.8, 4) is 0 Å². The number of nitrogens with zero attached hydrogens (tertiary/aromatic N) is 1. The monoisotopic (exact) mass is 240 g/mol. The summed E-state index contributed by atoms with van der Waals surface area (Å²) in [6.07, 6.45) is 1.43. The summed E-state index contributed by atoms with van der Waals surface area (Å²) >= 11 is 0. The van der Waals surface area contributed by atoms with Crippen LogP contribution in [0.15, 0.2) is 18.2 Å². The van der Waals surface area contributed by atoms with Gasteiger partial charge in [0.1, 0.15) is 5.82 Å². The van der Waals surface area contributed by atoms with Crippen LogP contribution in [0.4, 0.5) is 10.1 Å².